The Kier molecular flexibility index (Phi) is 3.80. The molecule has 0 aliphatic carbocycles. The number of aromatic nitrogens is 1. The van der Waals surface area contributed by atoms with Gasteiger partial charge in [-0.15, -0.1) is 0 Å². The molecule has 0 radical (unpaired) electrons. The first kappa shape index (κ1) is 15.5. The van der Waals surface area contributed by atoms with Crippen molar-refractivity contribution in [3.05, 3.63) is 59.7 Å². The number of nitrogens with one attached hydrogen (secondary N) is 2. The van der Waals surface area contributed by atoms with Crippen molar-refractivity contribution in [1.82, 2.24) is 15.2 Å². The van der Waals surface area contributed by atoms with Gasteiger partial charge in [-0.05, 0) is 43.2 Å². The first-order valence-electron chi connectivity index (χ1n) is 8.33. The summed E-state index contributed by atoms with van der Waals surface area (Å²) in [4.78, 5) is 29.7. The number of H-pyrrole nitrogens is 1. The fourth-order valence-corrected chi connectivity index (χ4v) is 3.25. The van der Waals surface area contributed by atoms with Crippen molar-refractivity contribution in [3.63, 3.8) is 0 Å². The summed E-state index contributed by atoms with van der Waals surface area (Å²) < 4.78 is 5.09. The third-order valence-corrected chi connectivity index (χ3v) is 4.56. The first-order chi connectivity index (χ1) is 12.1. The molecule has 1 fully saturated rings. The fourth-order valence-electron chi connectivity index (χ4n) is 3.25. The van der Waals surface area contributed by atoms with E-state index >= 15 is 0 Å². The minimum absolute atomic E-state index is 0.0383. The Labute approximate surface area is 144 Å². The first-order valence-corrected chi connectivity index (χ1v) is 8.33. The molecule has 3 heterocycles. The normalized spacial score (nSPS) is 17.2. The van der Waals surface area contributed by atoms with E-state index in [1.54, 1.807) is 17.0 Å². The molecule has 1 atom stereocenters. The number of carbonyl (C=O) groups is 2. The van der Waals surface area contributed by atoms with Gasteiger partial charge in [-0.1, -0.05) is 12.1 Å². The monoisotopic (exact) mass is 337 g/mol. The van der Waals surface area contributed by atoms with Crippen molar-refractivity contribution in [2.45, 2.75) is 19.4 Å². The van der Waals surface area contributed by atoms with E-state index in [4.69, 9.17) is 4.42 Å². The summed E-state index contributed by atoms with van der Waals surface area (Å²) in [5.74, 6) is 0.00440. The van der Waals surface area contributed by atoms with Gasteiger partial charge in [0, 0.05) is 30.0 Å². The Hall–Kier alpha value is -3.02. The lowest BCUT2D eigenvalue weighted by Crippen LogP contribution is -2.38. The second-order valence-corrected chi connectivity index (χ2v) is 6.46. The molecule has 6 nitrogen and oxygen atoms in total. The molecule has 1 aromatic carbocycles. The van der Waals surface area contributed by atoms with Gasteiger partial charge in [0.05, 0.1) is 6.26 Å². The number of benzene rings is 1. The molecule has 1 saturated heterocycles. The highest BCUT2D eigenvalue weighted by molar-refractivity contribution is 5.98. The Balaban J connectivity index is 1.43. The summed E-state index contributed by atoms with van der Waals surface area (Å²) in [6.07, 6.45) is 2.20. The summed E-state index contributed by atoms with van der Waals surface area (Å²) in [5, 5.41) is 3.94. The van der Waals surface area contributed by atoms with Crippen molar-refractivity contribution >= 4 is 22.7 Å². The molecule has 0 spiro atoms. The predicted octanol–water partition coefficient (Wildman–Crippen LogP) is 2.71. The SMILES string of the molecule is Cc1ccc2cc(C(=O)N3CC[C@H](NC(=O)c4ccco4)C3)[nH]c2c1. The average Bonchev–Trinajstić information content (AvgIpc) is 3.33. The maximum atomic E-state index is 12.7. The van der Waals surface area contributed by atoms with Crippen LogP contribution in [0.4, 0.5) is 0 Å². The summed E-state index contributed by atoms with van der Waals surface area (Å²) in [6.45, 7) is 3.14. The van der Waals surface area contributed by atoms with Crippen molar-refractivity contribution in [2.24, 2.45) is 0 Å². The smallest absolute Gasteiger partial charge is 0.287 e. The minimum atomic E-state index is -0.245. The number of hydrogen-bond acceptors (Lipinski definition) is 3. The molecule has 1 aliphatic rings. The number of aromatic amines is 1. The van der Waals surface area contributed by atoms with Crippen LogP contribution in [0.25, 0.3) is 10.9 Å². The van der Waals surface area contributed by atoms with Gasteiger partial charge in [0.25, 0.3) is 11.8 Å². The highest BCUT2D eigenvalue weighted by atomic mass is 16.3. The molecule has 0 saturated carbocycles. The molecule has 128 valence electrons. The van der Waals surface area contributed by atoms with Gasteiger partial charge in [0.15, 0.2) is 5.76 Å². The highest BCUT2D eigenvalue weighted by Gasteiger charge is 2.29. The van der Waals surface area contributed by atoms with Gasteiger partial charge < -0.3 is 19.6 Å². The quantitative estimate of drug-likeness (QED) is 0.771. The van der Waals surface area contributed by atoms with Crippen LogP contribution in [0.3, 0.4) is 0 Å². The molecule has 0 bridgehead atoms. The molecular formula is C19H19N3O3. The zero-order valence-electron chi connectivity index (χ0n) is 13.9. The molecule has 1 aliphatic heterocycles. The van der Waals surface area contributed by atoms with E-state index in [0.29, 0.717) is 18.8 Å². The van der Waals surface area contributed by atoms with Crippen LogP contribution in [0, 0.1) is 6.92 Å². The van der Waals surface area contributed by atoms with E-state index < -0.39 is 0 Å². The van der Waals surface area contributed by atoms with Crippen LogP contribution in [0.1, 0.15) is 33.0 Å². The van der Waals surface area contributed by atoms with Gasteiger partial charge in [0.2, 0.25) is 0 Å². The van der Waals surface area contributed by atoms with Gasteiger partial charge in [-0.2, -0.15) is 0 Å². The number of carbonyl (C=O) groups excluding carboxylic acids is 2. The second kappa shape index (κ2) is 6.12. The van der Waals surface area contributed by atoms with Crippen molar-refractivity contribution in [1.29, 1.82) is 0 Å². The molecule has 0 unspecified atom stereocenters. The maximum absolute atomic E-state index is 12.7. The lowest BCUT2D eigenvalue weighted by Gasteiger charge is -2.16. The average molecular weight is 337 g/mol. The number of fused-ring (bicyclic) bond motifs is 1. The lowest BCUT2D eigenvalue weighted by molar-refractivity contribution is 0.0777. The van der Waals surface area contributed by atoms with Crippen molar-refractivity contribution < 1.29 is 14.0 Å². The molecule has 2 aromatic heterocycles. The predicted molar refractivity (Wildman–Crippen MR) is 93.5 cm³/mol. The lowest BCUT2D eigenvalue weighted by atomic mass is 10.2. The number of aryl methyl sites for hydroxylation is 1. The number of hydrogen-bond donors (Lipinski definition) is 2. The largest absolute Gasteiger partial charge is 0.459 e. The molecule has 2 amide bonds. The van der Waals surface area contributed by atoms with Crippen LogP contribution < -0.4 is 5.32 Å². The van der Waals surface area contributed by atoms with Crippen LogP contribution in [0.2, 0.25) is 0 Å². The second-order valence-electron chi connectivity index (χ2n) is 6.46. The third-order valence-electron chi connectivity index (χ3n) is 4.56. The van der Waals surface area contributed by atoms with Gasteiger partial charge >= 0.3 is 0 Å². The number of likely N-dealkylation sites (tertiary alicyclic amines) is 1. The molecule has 3 aromatic rings. The minimum Gasteiger partial charge on any atom is -0.459 e. The third kappa shape index (κ3) is 3.03. The molecule has 25 heavy (non-hydrogen) atoms. The molecule has 2 N–H and O–H groups in total. The fraction of sp³-hybridized carbons (Fsp3) is 0.263. The van der Waals surface area contributed by atoms with Crippen LogP contribution in [0.5, 0.6) is 0 Å². The zero-order valence-corrected chi connectivity index (χ0v) is 13.9. The maximum Gasteiger partial charge on any atom is 0.287 e. The summed E-state index contributed by atoms with van der Waals surface area (Å²) in [5.41, 5.74) is 2.69. The van der Waals surface area contributed by atoms with E-state index in [2.05, 4.69) is 10.3 Å². The summed E-state index contributed by atoms with van der Waals surface area (Å²) in [6, 6.07) is 11.2. The number of rotatable bonds is 3. The molecule has 4 rings (SSSR count). The van der Waals surface area contributed by atoms with E-state index in [1.165, 1.54) is 6.26 Å². The van der Waals surface area contributed by atoms with E-state index in [1.807, 2.05) is 31.2 Å². The van der Waals surface area contributed by atoms with Crippen molar-refractivity contribution in [2.75, 3.05) is 13.1 Å². The Morgan fingerprint density at radius 1 is 1.28 bits per heavy atom. The molecular weight excluding hydrogens is 318 g/mol. The van der Waals surface area contributed by atoms with Crippen LogP contribution >= 0.6 is 0 Å². The number of nitrogens with zero attached hydrogens (tertiary/aromatic N) is 1. The topological polar surface area (TPSA) is 78.3 Å². The van der Waals surface area contributed by atoms with E-state index in [0.717, 1.165) is 22.9 Å². The van der Waals surface area contributed by atoms with Gasteiger partial charge in [-0.3, -0.25) is 9.59 Å². The number of amides is 2. The highest BCUT2D eigenvalue weighted by Crippen LogP contribution is 2.20. The van der Waals surface area contributed by atoms with Crippen LogP contribution in [-0.2, 0) is 0 Å². The van der Waals surface area contributed by atoms with Crippen molar-refractivity contribution in [3.8, 4) is 0 Å². The Morgan fingerprint density at radius 2 is 2.16 bits per heavy atom. The number of furan rings is 1. The van der Waals surface area contributed by atoms with E-state index in [9.17, 15) is 9.59 Å². The Morgan fingerprint density at radius 3 is 2.96 bits per heavy atom. The molecule has 6 heteroatoms. The summed E-state index contributed by atoms with van der Waals surface area (Å²) >= 11 is 0. The Bertz CT molecular complexity index is 927. The van der Waals surface area contributed by atoms with Crippen LogP contribution in [0.15, 0.2) is 47.1 Å². The van der Waals surface area contributed by atoms with Gasteiger partial charge in [-0.25, -0.2) is 0 Å². The van der Waals surface area contributed by atoms with E-state index in [-0.39, 0.29) is 23.6 Å². The zero-order chi connectivity index (χ0) is 17.4. The van der Waals surface area contributed by atoms with Gasteiger partial charge in [0.1, 0.15) is 5.69 Å². The van der Waals surface area contributed by atoms with Crippen LogP contribution in [-0.4, -0.2) is 40.8 Å². The standard InChI is InChI=1S/C19H19N3O3/c1-12-4-5-13-10-16(21-15(13)9-12)19(24)22-7-6-14(11-22)20-18(23)17-3-2-8-25-17/h2-5,8-10,14,21H,6-7,11H2,1H3,(H,20,23)/t14-/m0/s1. The summed E-state index contributed by atoms with van der Waals surface area (Å²) in [7, 11) is 0.